The number of allylic oxidation sites excluding steroid dienone is 1. The van der Waals surface area contributed by atoms with Crippen molar-refractivity contribution in [3.63, 3.8) is 0 Å². The topological polar surface area (TPSA) is 195 Å². The van der Waals surface area contributed by atoms with Gasteiger partial charge in [-0.05, 0) is 88.0 Å². The molecule has 1 aromatic heterocycles. The molecule has 4 unspecified atom stereocenters. The number of rotatable bonds is 9. The van der Waals surface area contributed by atoms with E-state index in [-0.39, 0.29) is 43.8 Å². The predicted molar refractivity (Wildman–Crippen MR) is 219 cm³/mol. The summed E-state index contributed by atoms with van der Waals surface area (Å²) in [6.07, 6.45) is 10.6. The lowest BCUT2D eigenvalue weighted by atomic mass is 9.96. The Bertz CT molecular complexity index is 2330. The number of benzene rings is 2. The normalized spacial score (nSPS) is 27.0. The Labute approximate surface area is 343 Å². The average Bonchev–Trinajstić information content (AvgIpc) is 4.12. The van der Waals surface area contributed by atoms with Crippen molar-refractivity contribution in [2.24, 2.45) is 5.92 Å². The first-order valence-electron chi connectivity index (χ1n) is 20.9. The standard InChI is InChI=1S/C43H52N6O9S/c1-26(2)57-37-34(33-18-10-13-27-12-8-9-17-32(27)33)24-44-49(40(37)52)29-22-36-38(50)46-43(41(53)47-59(55,56)31-20-21-31)23-28(43)14-6-4-3-5-7-19-35(39(51)48(36)25-29)45-42(54)58-30-15-11-16-30/h6,8-10,12-14,17-18,24,26,28-31,35-36H,3-5,7,11,15-16,19-23,25H2,1-2H3,(H,45,54)(H,46,50)(H,47,53)/b14-6-/t28?,29?,35?,36-,43?/m0/s1. The Morgan fingerprint density at radius 2 is 1.73 bits per heavy atom. The number of nitrogens with zero attached hydrogens (tertiary/aromatic N) is 3. The zero-order chi connectivity index (χ0) is 41.5. The minimum absolute atomic E-state index is 0.0585. The third-order valence-corrected chi connectivity index (χ3v) is 14.0. The Morgan fingerprint density at radius 1 is 0.949 bits per heavy atom. The van der Waals surface area contributed by atoms with E-state index in [2.05, 4.69) is 20.5 Å². The fraction of sp³-hybridized carbons (Fsp3) is 0.535. The summed E-state index contributed by atoms with van der Waals surface area (Å²) in [5, 5.41) is 11.5. The molecule has 5 aliphatic rings. The van der Waals surface area contributed by atoms with Crippen LogP contribution >= 0.6 is 0 Å². The number of hydrogen-bond donors (Lipinski definition) is 3. The van der Waals surface area contributed by atoms with Crippen molar-refractivity contribution in [3.05, 3.63) is 71.2 Å². The summed E-state index contributed by atoms with van der Waals surface area (Å²) in [5.41, 5.74) is -0.848. The van der Waals surface area contributed by atoms with Crippen molar-refractivity contribution in [2.75, 3.05) is 6.54 Å². The van der Waals surface area contributed by atoms with Crippen LogP contribution in [0.1, 0.15) is 96.9 Å². The first-order valence-corrected chi connectivity index (χ1v) is 22.5. The molecule has 4 fully saturated rings. The van der Waals surface area contributed by atoms with Gasteiger partial charge in [0.15, 0.2) is 5.75 Å². The Morgan fingerprint density at radius 3 is 2.47 bits per heavy atom. The van der Waals surface area contributed by atoms with Crippen molar-refractivity contribution >= 4 is 44.6 Å². The SMILES string of the molecule is CC(C)Oc1c(-c2cccc3ccccc23)cnn(C2C[C@H]3C(=O)NC4(C(=O)NS(=O)(=O)C5CC5)CC4/C=C\CCCCCC(NC(=O)OC4CCC4)C(=O)N3C2)c1=O. The second kappa shape index (κ2) is 16.4. The maximum atomic E-state index is 14.7. The minimum atomic E-state index is -3.93. The Kier molecular flexibility index (Phi) is 11.3. The highest BCUT2D eigenvalue weighted by Crippen LogP contribution is 2.46. The van der Waals surface area contributed by atoms with Gasteiger partial charge in [0, 0.05) is 18.9 Å². The second-order valence-electron chi connectivity index (χ2n) is 16.9. The molecule has 2 aromatic carbocycles. The van der Waals surface area contributed by atoms with Crippen LogP contribution in [0.15, 0.2) is 65.6 Å². The number of carbonyl (C=O) groups excluding carboxylic acids is 4. The quantitative estimate of drug-likeness (QED) is 0.256. The van der Waals surface area contributed by atoms with Crippen LogP contribution in [0.4, 0.5) is 4.79 Å². The third-order valence-electron chi connectivity index (χ3n) is 12.2. The number of alkyl carbamates (subject to hydrolysis) is 1. The summed E-state index contributed by atoms with van der Waals surface area (Å²) in [5.74, 6) is -2.43. The van der Waals surface area contributed by atoms with Crippen LogP contribution in [0.5, 0.6) is 5.75 Å². The number of carbonyl (C=O) groups is 4. The average molecular weight is 829 g/mol. The van der Waals surface area contributed by atoms with E-state index in [0.29, 0.717) is 31.2 Å². The maximum absolute atomic E-state index is 14.7. The highest BCUT2D eigenvalue weighted by Gasteiger charge is 2.62. The first kappa shape index (κ1) is 40.5. The van der Waals surface area contributed by atoms with E-state index in [1.54, 1.807) is 6.20 Å². The van der Waals surface area contributed by atoms with E-state index >= 15 is 0 Å². The van der Waals surface area contributed by atoms with Crippen molar-refractivity contribution in [3.8, 4) is 16.9 Å². The Hall–Kier alpha value is -5.25. The molecule has 15 nitrogen and oxygen atoms in total. The van der Waals surface area contributed by atoms with Gasteiger partial charge >= 0.3 is 11.7 Å². The molecule has 3 heterocycles. The summed E-state index contributed by atoms with van der Waals surface area (Å²) in [6, 6.07) is 10.5. The summed E-state index contributed by atoms with van der Waals surface area (Å²) in [7, 11) is -3.93. The van der Waals surface area contributed by atoms with Gasteiger partial charge in [-0.1, -0.05) is 67.5 Å². The van der Waals surface area contributed by atoms with Crippen LogP contribution in [-0.2, 0) is 29.1 Å². The summed E-state index contributed by atoms with van der Waals surface area (Å²) in [6.45, 7) is 3.52. The van der Waals surface area contributed by atoms with Crippen molar-refractivity contribution in [1.29, 1.82) is 0 Å². The molecule has 314 valence electrons. The minimum Gasteiger partial charge on any atom is -0.485 e. The molecule has 1 saturated heterocycles. The van der Waals surface area contributed by atoms with Gasteiger partial charge in [-0.15, -0.1) is 0 Å². The van der Waals surface area contributed by atoms with Gasteiger partial charge in [-0.3, -0.25) is 23.9 Å². The molecule has 3 N–H and O–H groups in total. The number of fused-ring (bicyclic) bond motifs is 3. The molecule has 8 rings (SSSR count). The molecule has 2 aliphatic heterocycles. The summed E-state index contributed by atoms with van der Waals surface area (Å²) < 4.78 is 41.1. The van der Waals surface area contributed by atoms with E-state index in [1.165, 1.54) is 9.58 Å². The molecule has 16 heteroatoms. The summed E-state index contributed by atoms with van der Waals surface area (Å²) in [4.78, 5) is 72.1. The molecule has 4 amide bonds. The molecular formula is C43H52N6O9S. The highest BCUT2D eigenvalue weighted by atomic mass is 32.2. The smallest absolute Gasteiger partial charge is 0.408 e. The van der Waals surface area contributed by atoms with Gasteiger partial charge in [0.2, 0.25) is 21.8 Å². The molecule has 3 aliphatic carbocycles. The van der Waals surface area contributed by atoms with Crippen molar-refractivity contribution in [1.82, 2.24) is 30.0 Å². The summed E-state index contributed by atoms with van der Waals surface area (Å²) >= 11 is 0. The van der Waals surface area contributed by atoms with Gasteiger partial charge in [0.1, 0.15) is 23.7 Å². The van der Waals surface area contributed by atoms with Crippen LogP contribution in [-0.4, -0.2) is 88.5 Å². The number of sulfonamides is 1. The fourth-order valence-electron chi connectivity index (χ4n) is 8.48. The second-order valence-corrected chi connectivity index (χ2v) is 18.9. The number of aromatic nitrogens is 2. The molecule has 5 atom stereocenters. The molecule has 59 heavy (non-hydrogen) atoms. The van der Waals surface area contributed by atoms with Gasteiger partial charge in [0.05, 0.1) is 29.2 Å². The van der Waals surface area contributed by atoms with Crippen LogP contribution < -0.4 is 25.7 Å². The van der Waals surface area contributed by atoms with Crippen LogP contribution in [0.3, 0.4) is 0 Å². The van der Waals surface area contributed by atoms with Crippen LogP contribution in [0.2, 0.25) is 0 Å². The van der Waals surface area contributed by atoms with Crippen LogP contribution in [0, 0.1) is 5.92 Å². The third kappa shape index (κ3) is 8.46. The number of amides is 4. The lowest BCUT2D eigenvalue weighted by Crippen LogP contribution is -2.58. The van der Waals surface area contributed by atoms with E-state index in [0.717, 1.165) is 48.4 Å². The largest absolute Gasteiger partial charge is 0.485 e. The van der Waals surface area contributed by atoms with Crippen LogP contribution in [0.25, 0.3) is 21.9 Å². The zero-order valence-corrected chi connectivity index (χ0v) is 34.2. The molecule has 0 spiro atoms. The fourth-order valence-corrected chi connectivity index (χ4v) is 9.85. The number of ether oxygens (including phenoxy) is 2. The van der Waals surface area contributed by atoms with Crippen molar-refractivity contribution in [2.45, 2.75) is 132 Å². The van der Waals surface area contributed by atoms with E-state index < -0.39 is 74.2 Å². The molecular weight excluding hydrogens is 777 g/mol. The maximum Gasteiger partial charge on any atom is 0.408 e. The van der Waals surface area contributed by atoms with E-state index in [1.807, 2.05) is 68.5 Å². The lowest BCUT2D eigenvalue weighted by Gasteiger charge is -2.31. The predicted octanol–water partition coefficient (Wildman–Crippen LogP) is 4.64. The zero-order valence-electron chi connectivity index (χ0n) is 33.4. The van der Waals surface area contributed by atoms with Gasteiger partial charge in [-0.25, -0.2) is 17.9 Å². The first-order chi connectivity index (χ1) is 28.3. The Balaban J connectivity index is 1.15. The van der Waals surface area contributed by atoms with E-state index in [4.69, 9.17) is 9.47 Å². The van der Waals surface area contributed by atoms with Gasteiger partial charge in [0.25, 0.3) is 5.91 Å². The molecule has 0 radical (unpaired) electrons. The van der Waals surface area contributed by atoms with Gasteiger partial charge in [-0.2, -0.15) is 5.10 Å². The highest BCUT2D eigenvalue weighted by molar-refractivity contribution is 7.91. The van der Waals surface area contributed by atoms with E-state index in [9.17, 15) is 32.4 Å². The van der Waals surface area contributed by atoms with Gasteiger partial charge < -0.3 is 25.0 Å². The number of hydrogen-bond acceptors (Lipinski definition) is 10. The van der Waals surface area contributed by atoms with Crippen molar-refractivity contribution < 1.29 is 37.1 Å². The molecule has 0 bridgehead atoms. The number of nitrogens with one attached hydrogen (secondary N) is 3. The lowest BCUT2D eigenvalue weighted by molar-refractivity contribution is -0.141. The molecule has 3 saturated carbocycles. The monoisotopic (exact) mass is 828 g/mol. The molecule has 3 aromatic rings.